The Bertz CT molecular complexity index is 585. The van der Waals surface area contributed by atoms with Crippen molar-refractivity contribution in [2.45, 2.75) is 19.9 Å². The van der Waals surface area contributed by atoms with Crippen molar-refractivity contribution in [3.63, 3.8) is 0 Å². The van der Waals surface area contributed by atoms with Crippen LogP contribution in [0.15, 0.2) is 29.1 Å². The number of halogens is 1. The van der Waals surface area contributed by atoms with Crippen LogP contribution in [0.2, 0.25) is 0 Å². The molecule has 2 heterocycles. The summed E-state index contributed by atoms with van der Waals surface area (Å²) in [4.78, 5) is 15.7. The highest BCUT2D eigenvalue weighted by molar-refractivity contribution is 9.10. The molecular weight excluding hydrogens is 312 g/mol. The second-order valence-electron chi connectivity index (χ2n) is 3.90. The van der Waals surface area contributed by atoms with Crippen LogP contribution in [0.3, 0.4) is 0 Å². The van der Waals surface area contributed by atoms with Gasteiger partial charge in [0.2, 0.25) is 0 Å². The van der Waals surface area contributed by atoms with Gasteiger partial charge in [0.05, 0.1) is 12.8 Å². The number of pyridine rings is 1. The Morgan fingerprint density at radius 2 is 2.32 bits per heavy atom. The number of rotatable bonds is 4. The summed E-state index contributed by atoms with van der Waals surface area (Å²) in [7, 11) is 0. The van der Waals surface area contributed by atoms with Gasteiger partial charge in [0.25, 0.3) is 0 Å². The van der Waals surface area contributed by atoms with Crippen LogP contribution in [0.25, 0.3) is 11.3 Å². The van der Waals surface area contributed by atoms with E-state index in [1.807, 2.05) is 6.07 Å². The Morgan fingerprint density at radius 3 is 3.00 bits per heavy atom. The number of carbonyl (C=O) groups is 1. The highest BCUT2D eigenvalue weighted by Crippen LogP contribution is 2.20. The maximum Gasteiger partial charge on any atom is 0.330 e. The van der Waals surface area contributed by atoms with Gasteiger partial charge in [-0.2, -0.15) is 0 Å². The van der Waals surface area contributed by atoms with E-state index in [-0.39, 0.29) is 5.97 Å². The molecule has 0 aliphatic rings. The van der Waals surface area contributed by atoms with E-state index >= 15 is 0 Å². The molecule has 100 valence electrons. The lowest BCUT2D eigenvalue weighted by Gasteiger charge is -2.09. The Hall–Kier alpha value is -1.76. The topological polar surface area (TPSA) is 69.9 Å². The predicted octanol–water partition coefficient (Wildman–Crippen LogP) is 2.23. The van der Waals surface area contributed by atoms with Crippen LogP contribution in [-0.2, 0) is 9.53 Å². The molecule has 0 bridgehead atoms. The molecule has 1 atom stereocenters. The third-order valence-corrected chi connectivity index (χ3v) is 2.97. The zero-order valence-electron chi connectivity index (χ0n) is 10.6. The molecule has 0 radical (unpaired) electrons. The third-order valence-electron chi connectivity index (χ3n) is 2.54. The Morgan fingerprint density at radius 1 is 1.53 bits per heavy atom. The van der Waals surface area contributed by atoms with Gasteiger partial charge in [-0.15, -0.1) is 5.10 Å². The SMILES string of the molecule is CCOC(=O)C(C)n1cc(-c2cncc(Br)c2)nn1. The van der Waals surface area contributed by atoms with Crippen molar-refractivity contribution >= 4 is 21.9 Å². The number of esters is 1. The van der Waals surface area contributed by atoms with Gasteiger partial charge in [-0.05, 0) is 35.8 Å². The summed E-state index contributed by atoms with van der Waals surface area (Å²) >= 11 is 3.35. The van der Waals surface area contributed by atoms with Crippen LogP contribution >= 0.6 is 15.9 Å². The van der Waals surface area contributed by atoms with Gasteiger partial charge < -0.3 is 4.74 Å². The smallest absolute Gasteiger partial charge is 0.330 e. The van der Waals surface area contributed by atoms with Gasteiger partial charge in [-0.25, -0.2) is 9.48 Å². The van der Waals surface area contributed by atoms with E-state index in [2.05, 4.69) is 31.2 Å². The lowest BCUT2D eigenvalue weighted by Crippen LogP contribution is -2.19. The van der Waals surface area contributed by atoms with E-state index in [1.165, 1.54) is 4.68 Å². The second-order valence-corrected chi connectivity index (χ2v) is 4.82. The normalized spacial score (nSPS) is 12.2. The maximum absolute atomic E-state index is 11.6. The summed E-state index contributed by atoms with van der Waals surface area (Å²) < 4.78 is 7.28. The van der Waals surface area contributed by atoms with Crippen molar-refractivity contribution < 1.29 is 9.53 Å². The first kappa shape index (κ1) is 13.7. The molecule has 0 aliphatic heterocycles. The average molecular weight is 325 g/mol. The molecular formula is C12H13BrN4O2. The van der Waals surface area contributed by atoms with Crippen LogP contribution < -0.4 is 0 Å². The van der Waals surface area contributed by atoms with Gasteiger partial charge in [0.15, 0.2) is 0 Å². The monoisotopic (exact) mass is 324 g/mol. The van der Waals surface area contributed by atoms with E-state index in [0.29, 0.717) is 12.3 Å². The molecule has 19 heavy (non-hydrogen) atoms. The minimum Gasteiger partial charge on any atom is -0.464 e. The van der Waals surface area contributed by atoms with Gasteiger partial charge in [0.1, 0.15) is 11.7 Å². The summed E-state index contributed by atoms with van der Waals surface area (Å²) in [5.74, 6) is -0.327. The maximum atomic E-state index is 11.6. The fourth-order valence-electron chi connectivity index (χ4n) is 1.52. The first-order chi connectivity index (χ1) is 9.11. The zero-order valence-corrected chi connectivity index (χ0v) is 12.2. The van der Waals surface area contributed by atoms with E-state index in [1.54, 1.807) is 32.4 Å². The number of nitrogens with zero attached hydrogens (tertiary/aromatic N) is 4. The minimum atomic E-state index is -0.499. The number of hydrogen-bond acceptors (Lipinski definition) is 5. The van der Waals surface area contributed by atoms with Crippen LogP contribution in [-0.4, -0.2) is 32.6 Å². The summed E-state index contributed by atoms with van der Waals surface area (Å²) in [5, 5.41) is 7.98. The molecule has 2 aromatic rings. The lowest BCUT2D eigenvalue weighted by molar-refractivity contribution is -0.146. The Balaban J connectivity index is 2.21. The number of ether oxygens (including phenoxy) is 1. The number of hydrogen-bond donors (Lipinski definition) is 0. The molecule has 0 saturated heterocycles. The molecule has 0 aliphatic carbocycles. The molecule has 0 fully saturated rings. The van der Waals surface area contributed by atoms with Gasteiger partial charge in [0, 0.05) is 22.4 Å². The quantitative estimate of drug-likeness (QED) is 0.806. The molecule has 0 spiro atoms. The average Bonchev–Trinajstić information content (AvgIpc) is 2.87. The molecule has 0 amide bonds. The molecule has 6 nitrogen and oxygen atoms in total. The minimum absolute atomic E-state index is 0.327. The van der Waals surface area contributed by atoms with Crippen LogP contribution in [0.1, 0.15) is 19.9 Å². The standard InChI is InChI=1S/C12H13BrN4O2/c1-3-19-12(18)8(2)17-7-11(15-16-17)9-4-10(13)6-14-5-9/h4-8H,3H2,1-2H3. The molecule has 0 N–H and O–H groups in total. The molecule has 0 saturated carbocycles. The van der Waals surface area contributed by atoms with E-state index in [0.717, 1.165) is 10.0 Å². The first-order valence-electron chi connectivity index (χ1n) is 5.81. The highest BCUT2D eigenvalue weighted by Gasteiger charge is 2.18. The molecule has 2 rings (SSSR count). The lowest BCUT2D eigenvalue weighted by atomic mass is 10.2. The van der Waals surface area contributed by atoms with Crippen LogP contribution in [0.4, 0.5) is 0 Å². The van der Waals surface area contributed by atoms with Gasteiger partial charge in [-0.3, -0.25) is 4.98 Å². The number of aromatic nitrogens is 4. The van der Waals surface area contributed by atoms with Crippen molar-refractivity contribution in [1.29, 1.82) is 0 Å². The third kappa shape index (κ3) is 3.17. The van der Waals surface area contributed by atoms with Crippen LogP contribution in [0, 0.1) is 0 Å². The zero-order chi connectivity index (χ0) is 13.8. The van der Waals surface area contributed by atoms with Crippen molar-refractivity contribution in [2.75, 3.05) is 6.61 Å². The van der Waals surface area contributed by atoms with Crippen molar-refractivity contribution in [2.24, 2.45) is 0 Å². The fraction of sp³-hybridized carbons (Fsp3) is 0.333. The van der Waals surface area contributed by atoms with Crippen molar-refractivity contribution in [3.8, 4) is 11.3 Å². The summed E-state index contributed by atoms with van der Waals surface area (Å²) in [6.45, 7) is 3.83. The van der Waals surface area contributed by atoms with Gasteiger partial charge >= 0.3 is 5.97 Å². The summed E-state index contributed by atoms with van der Waals surface area (Å²) in [5.41, 5.74) is 1.49. The number of carbonyl (C=O) groups excluding carboxylic acids is 1. The summed E-state index contributed by atoms with van der Waals surface area (Å²) in [6, 6.07) is 1.39. The fourth-order valence-corrected chi connectivity index (χ4v) is 1.89. The van der Waals surface area contributed by atoms with Crippen molar-refractivity contribution in [1.82, 2.24) is 20.0 Å². The van der Waals surface area contributed by atoms with E-state index < -0.39 is 6.04 Å². The summed E-state index contributed by atoms with van der Waals surface area (Å²) in [6.07, 6.45) is 5.08. The molecule has 2 aromatic heterocycles. The highest BCUT2D eigenvalue weighted by atomic mass is 79.9. The Labute approximate surface area is 118 Å². The molecule has 0 aromatic carbocycles. The molecule has 7 heteroatoms. The first-order valence-corrected chi connectivity index (χ1v) is 6.60. The molecule has 1 unspecified atom stereocenters. The van der Waals surface area contributed by atoms with Crippen LogP contribution in [0.5, 0.6) is 0 Å². The largest absolute Gasteiger partial charge is 0.464 e. The second kappa shape index (κ2) is 5.92. The van der Waals surface area contributed by atoms with Crippen molar-refractivity contribution in [3.05, 3.63) is 29.1 Å². The predicted molar refractivity (Wildman–Crippen MR) is 72.3 cm³/mol. The Kier molecular flexibility index (Phi) is 4.26. The van der Waals surface area contributed by atoms with Gasteiger partial charge in [-0.1, -0.05) is 5.21 Å². The van der Waals surface area contributed by atoms with E-state index in [4.69, 9.17) is 4.74 Å². The van der Waals surface area contributed by atoms with E-state index in [9.17, 15) is 4.79 Å².